The number of likely N-dealkylation sites (tertiary alicyclic amines) is 1. The third kappa shape index (κ3) is 5.83. The van der Waals surface area contributed by atoms with Crippen LogP contribution in [0.2, 0.25) is 0 Å². The number of aliphatic hydroxyl groups is 1. The number of fused-ring (bicyclic) bond motifs is 1. The fourth-order valence-electron chi connectivity index (χ4n) is 7.65. The van der Waals surface area contributed by atoms with Gasteiger partial charge in [0.2, 0.25) is 11.8 Å². The second-order valence-electron chi connectivity index (χ2n) is 11.9. The normalized spacial score (nSPS) is 31.8. The SMILES string of the molecule is C=CCCCCOC(=O)[C@@H]1[C@@H]2CC(C)C3(S2)C(C(=O)N(CC=C)C2CCCCC2)N(CCCCCO)C(=O)[C@H]13. The Bertz CT molecular complexity index is 905. The summed E-state index contributed by atoms with van der Waals surface area (Å²) in [6, 6.07) is -0.414. The number of unbranched alkanes of at least 4 members (excludes halogenated alkanes) is 4. The molecule has 1 aliphatic carbocycles. The molecule has 0 aromatic heterocycles. The number of hydrogen-bond donors (Lipinski definition) is 1. The number of nitrogens with zero attached hydrogens (tertiary/aromatic N) is 2. The summed E-state index contributed by atoms with van der Waals surface area (Å²) in [5.74, 6) is -1.19. The first-order valence-electron chi connectivity index (χ1n) is 15.2. The van der Waals surface area contributed by atoms with Gasteiger partial charge >= 0.3 is 5.97 Å². The van der Waals surface area contributed by atoms with Crippen LogP contribution in [0.5, 0.6) is 0 Å². The topological polar surface area (TPSA) is 87.2 Å². The standard InChI is InChI=1S/C31H48N2O5S/c1-4-6-7-14-20-38-30(37)25-24-21-22(3)31(39-24)26(25)28(35)33(18-12-9-13-19-34)27(31)29(36)32(17-5-2)23-15-10-8-11-16-23/h4-5,22-27,34H,1-2,6-21H2,3H3/t22?,24-,25+,26-,27?,31?/m0/s1. The van der Waals surface area contributed by atoms with Crippen molar-refractivity contribution in [2.24, 2.45) is 17.8 Å². The zero-order valence-electron chi connectivity index (χ0n) is 23.7. The molecule has 1 saturated carbocycles. The Hall–Kier alpha value is -1.80. The van der Waals surface area contributed by atoms with Gasteiger partial charge < -0.3 is 19.6 Å². The number of rotatable bonds is 15. The molecular weight excluding hydrogens is 512 g/mol. The Kier molecular flexibility index (Phi) is 10.6. The molecule has 4 fully saturated rings. The summed E-state index contributed by atoms with van der Waals surface area (Å²) >= 11 is 1.72. The van der Waals surface area contributed by atoms with E-state index in [9.17, 15) is 19.5 Å². The van der Waals surface area contributed by atoms with E-state index < -0.39 is 22.6 Å². The first kappa shape index (κ1) is 30.2. The highest BCUT2D eigenvalue weighted by molar-refractivity contribution is 8.02. The van der Waals surface area contributed by atoms with E-state index in [1.54, 1.807) is 17.8 Å². The molecule has 2 bridgehead atoms. The second-order valence-corrected chi connectivity index (χ2v) is 13.4. The average Bonchev–Trinajstić information content (AvgIpc) is 3.53. The van der Waals surface area contributed by atoms with Gasteiger partial charge in [-0.05, 0) is 63.7 Å². The monoisotopic (exact) mass is 560 g/mol. The number of aliphatic hydroxyl groups excluding tert-OH is 1. The van der Waals surface area contributed by atoms with E-state index in [1.807, 2.05) is 15.9 Å². The molecule has 0 aromatic carbocycles. The molecule has 2 amide bonds. The molecule has 3 aliphatic heterocycles. The van der Waals surface area contributed by atoms with E-state index in [0.717, 1.165) is 64.2 Å². The van der Waals surface area contributed by atoms with Crippen molar-refractivity contribution < 1.29 is 24.2 Å². The number of thioether (sulfide) groups is 1. The molecule has 8 heteroatoms. The van der Waals surface area contributed by atoms with Gasteiger partial charge in [-0.25, -0.2) is 0 Å². The van der Waals surface area contributed by atoms with Crippen LogP contribution in [0.15, 0.2) is 25.3 Å². The summed E-state index contributed by atoms with van der Waals surface area (Å²) in [6.07, 6.45) is 14.7. The molecule has 3 saturated heterocycles. The summed E-state index contributed by atoms with van der Waals surface area (Å²) in [6.45, 7) is 11.3. The second kappa shape index (κ2) is 13.7. The van der Waals surface area contributed by atoms with Gasteiger partial charge in [-0.3, -0.25) is 14.4 Å². The van der Waals surface area contributed by atoms with E-state index in [-0.39, 0.29) is 41.6 Å². The van der Waals surface area contributed by atoms with Crippen molar-refractivity contribution in [3.63, 3.8) is 0 Å². The predicted molar refractivity (Wildman–Crippen MR) is 155 cm³/mol. The van der Waals surface area contributed by atoms with Crippen LogP contribution in [0.4, 0.5) is 0 Å². The van der Waals surface area contributed by atoms with Crippen molar-refractivity contribution in [1.82, 2.24) is 9.80 Å². The maximum absolute atomic E-state index is 14.6. The molecule has 3 unspecified atom stereocenters. The Morgan fingerprint density at radius 1 is 1.13 bits per heavy atom. The fourth-order valence-corrected chi connectivity index (χ4v) is 10.0. The minimum Gasteiger partial charge on any atom is -0.465 e. The molecule has 1 N–H and O–H groups in total. The minimum atomic E-state index is -0.615. The lowest BCUT2D eigenvalue weighted by Crippen LogP contribution is -2.59. The third-order valence-corrected chi connectivity index (χ3v) is 11.6. The molecule has 6 atom stereocenters. The summed E-state index contributed by atoms with van der Waals surface area (Å²) in [4.78, 5) is 46.1. The predicted octanol–water partition coefficient (Wildman–Crippen LogP) is 4.73. The number of ether oxygens (including phenoxy) is 1. The number of hydrogen-bond acceptors (Lipinski definition) is 6. The van der Waals surface area contributed by atoms with Crippen molar-refractivity contribution in [2.45, 2.75) is 106 Å². The highest BCUT2D eigenvalue weighted by Crippen LogP contribution is 2.68. The summed E-state index contributed by atoms with van der Waals surface area (Å²) in [5, 5.41) is 9.28. The molecule has 4 rings (SSSR count). The third-order valence-electron chi connectivity index (χ3n) is 9.48. The van der Waals surface area contributed by atoms with E-state index in [0.29, 0.717) is 26.1 Å². The molecule has 1 spiro atoms. The summed E-state index contributed by atoms with van der Waals surface area (Å²) in [5.41, 5.74) is 0. The van der Waals surface area contributed by atoms with Crippen LogP contribution in [0.1, 0.15) is 84.0 Å². The van der Waals surface area contributed by atoms with Crippen LogP contribution in [0.3, 0.4) is 0 Å². The lowest BCUT2D eigenvalue weighted by Gasteiger charge is -2.43. The lowest BCUT2D eigenvalue weighted by molar-refractivity contribution is -0.154. The fraction of sp³-hybridized carbons (Fsp3) is 0.774. The minimum absolute atomic E-state index is 0.00370. The van der Waals surface area contributed by atoms with Gasteiger partial charge in [-0.2, -0.15) is 0 Å². The van der Waals surface area contributed by atoms with Gasteiger partial charge in [0, 0.05) is 31.0 Å². The number of esters is 1. The van der Waals surface area contributed by atoms with Crippen molar-refractivity contribution in [3.05, 3.63) is 25.3 Å². The van der Waals surface area contributed by atoms with Crippen LogP contribution < -0.4 is 0 Å². The van der Waals surface area contributed by atoms with Gasteiger partial charge in [-0.15, -0.1) is 24.9 Å². The smallest absolute Gasteiger partial charge is 0.310 e. The zero-order valence-corrected chi connectivity index (χ0v) is 24.5. The molecule has 0 aromatic rings. The van der Waals surface area contributed by atoms with Crippen molar-refractivity contribution >= 4 is 29.5 Å². The molecular formula is C31H48N2O5S. The highest BCUT2D eigenvalue weighted by atomic mass is 32.2. The van der Waals surface area contributed by atoms with Crippen molar-refractivity contribution in [2.75, 3.05) is 26.3 Å². The Labute approximate surface area is 238 Å². The van der Waals surface area contributed by atoms with Gasteiger partial charge in [-0.1, -0.05) is 38.3 Å². The summed E-state index contributed by atoms with van der Waals surface area (Å²) < 4.78 is 5.13. The van der Waals surface area contributed by atoms with Crippen molar-refractivity contribution in [1.29, 1.82) is 0 Å². The quantitative estimate of drug-likeness (QED) is 0.177. The number of amides is 2. The maximum atomic E-state index is 14.6. The number of allylic oxidation sites excluding steroid dienone is 1. The van der Waals surface area contributed by atoms with E-state index in [2.05, 4.69) is 20.1 Å². The number of carbonyl (C=O) groups excluding carboxylic acids is 3. The van der Waals surface area contributed by atoms with E-state index in [1.165, 1.54) is 6.42 Å². The lowest BCUT2D eigenvalue weighted by atomic mass is 9.66. The van der Waals surface area contributed by atoms with Gasteiger partial charge in [0.15, 0.2) is 0 Å². The van der Waals surface area contributed by atoms with E-state index >= 15 is 0 Å². The van der Waals surface area contributed by atoms with Crippen LogP contribution in [0.25, 0.3) is 0 Å². The molecule has 39 heavy (non-hydrogen) atoms. The Morgan fingerprint density at radius 2 is 1.90 bits per heavy atom. The first-order valence-corrected chi connectivity index (χ1v) is 16.1. The van der Waals surface area contributed by atoms with Crippen LogP contribution in [-0.4, -0.2) is 81.1 Å². The van der Waals surface area contributed by atoms with Crippen molar-refractivity contribution in [3.8, 4) is 0 Å². The van der Waals surface area contributed by atoms with E-state index in [4.69, 9.17) is 4.74 Å². The first-order chi connectivity index (χ1) is 18.9. The Morgan fingerprint density at radius 3 is 2.59 bits per heavy atom. The largest absolute Gasteiger partial charge is 0.465 e. The molecule has 218 valence electrons. The molecule has 0 radical (unpaired) electrons. The molecule has 7 nitrogen and oxygen atoms in total. The molecule has 3 heterocycles. The summed E-state index contributed by atoms with van der Waals surface area (Å²) in [7, 11) is 0. The maximum Gasteiger partial charge on any atom is 0.310 e. The van der Waals surface area contributed by atoms with Gasteiger partial charge in [0.05, 0.1) is 23.2 Å². The number of carbonyl (C=O) groups is 3. The van der Waals surface area contributed by atoms with Gasteiger partial charge in [0.1, 0.15) is 6.04 Å². The van der Waals surface area contributed by atoms with Crippen LogP contribution in [-0.2, 0) is 19.1 Å². The average molecular weight is 561 g/mol. The zero-order chi connectivity index (χ0) is 28.0. The van der Waals surface area contributed by atoms with Crippen LogP contribution in [0, 0.1) is 17.8 Å². The molecule has 4 aliphatic rings. The highest BCUT2D eigenvalue weighted by Gasteiger charge is 2.76. The Balaban J connectivity index is 1.63. The van der Waals surface area contributed by atoms with Crippen LogP contribution >= 0.6 is 11.8 Å². The van der Waals surface area contributed by atoms with Gasteiger partial charge in [0.25, 0.3) is 0 Å².